The van der Waals surface area contributed by atoms with Crippen LogP contribution in [0.5, 0.6) is 0 Å². The van der Waals surface area contributed by atoms with Crippen LogP contribution in [0.1, 0.15) is 23.0 Å². The Morgan fingerprint density at radius 3 is 2.54 bits per heavy atom. The van der Waals surface area contributed by atoms with E-state index in [1.807, 2.05) is 12.1 Å². The maximum Gasteiger partial charge on any atom is 0.416 e. The van der Waals surface area contributed by atoms with Crippen LogP contribution in [0, 0.1) is 0 Å². The van der Waals surface area contributed by atoms with Crippen molar-refractivity contribution in [1.82, 2.24) is 4.98 Å². The Morgan fingerprint density at radius 1 is 1.04 bits per heavy atom. The lowest BCUT2D eigenvalue weighted by Gasteiger charge is -2.14. The molecule has 0 saturated carbocycles. The summed E-state index contributed by atoms with van der Waals surface area (Å²) in [6, 6.07) is 14.5. The first-order chi connectivity index (χ1) is 13.2. The molecule has 0 aliphatic heterocycles. The first-order valence-electron chi connectivity index (χ1n) is 8.29. The van der Waals surface area contributed by atoms with E-state index < -0.39 is 29.7 Å². The van der Waals surface area contributed by atoms with Crippen molar-refractivity contribution in [3.05, 3.63) is 71.9 Å². The van der Waals surface area contributed by atoms with E-state index in [4.69, 9.17) is 4.74 Å². The average molecular weight is 388 g/mol. The van der Waals surface area contributed by atoms with Gasteiger partial charge in [0.05, 0.1) is 11.1 Å². The number of nitrogens with one attached hydrogen (secondary N) is 1. The van der Waals surface area contributed by atoms with E-state index in [1.54, 1.807) is 18.2 Å². The number of hydrogen-bond acceptors (Lipinski definition) is 4. The van der Waals surface area contributed by atoms with Crippen LogP contribution in [0.25, 0.3) is 10.9 Å². The minimum absolute atomic E-state index is 0.0254. The summed E-state index contributed by atoms with van der Waals surface area (Å²) in [6.07, 6.45) is -5.75. The van der Waals surface area contributed by atoms with Crippen molar-refractivity contribution in [3.8, 4) is 0 Å². The predicted molar refractivity (Wildman–Crippen MR) is 96.7 cm³/mol. The van der Waals surface area contributed by atoms with Gasteiger partial charge in [0.15, 0.2) is 6.10 Å². The maximum absolute atomic E-state index is 12.7. The van der Waals surface area contributed by atoms with Gasteiger partial charge in [-0.15, -0.1) is 0 Å². The molecule has 3 aromatic rings. The van der Waals surface area contributed by atoms with E-state index in [1.165, 1.54) is 25.1 Å². The molecule has 0 saturated heterocycles. The van der Waals surface area contributed by atoms with Crippen molar-refractivity contribution in [3.63, 3.8) is 0 Å². The van der Waals surface area contributed by atoms with E-state index in [9.17, 15) is 22.8 Å². The largest absolute Gasteiger partial charge is 0.448 e. The molecule has 144 valence electrons. The molecular formula is C20H15F3N2O3. The molecule has 1 atom stereocenters. The van der Waals surface area contributed by atoms with E-state index in [2.05, 4.69) is 10.3 Å². The zero-order valence-electron chi connectivity index (χ0n) is 14.7. The molecule has 0 aliphatic carbocycles. The summed E-state index contributed by atoms with van der Waals surface area (Å²) in [5.74, 6) is -1.56. The fourth-order valence-electron chi connectivity index (χ4n) is 2.47. The Labute approximate surface area is 158 Å². The Morgan fingerprint density at radius 2 is 1.79 bits per heavy atom. The summed E-state index contributed by atoms with van der Waals surface area (Å²) >= 11 is 0. The predicted octanol–water partition coefficient (Wildman–Crippen LogP) is 4.44. The van der Waals surface area contributed by atoms with Gasteiger partial charge in [-0.25, -0.2) is 9.78 Å². The highest BCUT2D eigenvalue weighted by molar-refractivity contribution is 5.97. The van der Waals surface area contributed by atoms with Crippen LogP contribution in [0.15, 0.2) is 60.7 Å². The Hall–Kier alpha value is -3.42. The van der Waals surface area contributed by atoms with Gasteiger partial charge >= 0.3 is 12.1 Å². The average Bonchev–Trinajstić information content (AvgIpc) is 2.67. The number of halogens is 3. The smallest absolute Gasteiger partial charge is 0.416 e. The molecule has 0 spiro atoms. The molecule has 1 amide bonds. The molecule has 0 aliphatic rings. The topological polar surface area (TPSA) is 68.3 Å². The zero-order valence-corrected chi connectivity index (χ0v) is 14.7. The lowest BCUT2D eigenvalue weighted by atomic mass is 10.2. The number of ether oxygens (including phenoxy) is 1. The number of aromatic nitrogens is 1. The second kappa shape index (κ2) is 7.67. The van der Waals surface area contributed by atoms with Crippen LogP contribution in [0.2, 0.25) is 0 Å². The number of carbonyl (C=O) groups is 2. The molecule has 0 radical (unpaired) electrons. The quantitative estimate of drug-likeness (QED) is 0.671. The third-order valence-corrected chi connectivity index (χ3v) is 3.92. The Bertz CT molecular complexity index is 1030. The van der Waals surface area contributed by atoms with Crippen molar-refractivity contribution < 1.29 is 27.5 Å². The summed E-state index contributed by atoms with van der Waals surface area (Å²) in [5, 5.41) is 3.15. The molecule has 1 aromatic heterocycles. The van der Waals surface area contributed by atoms with E-state index >= 15 is 0 Å². The van der Waals surface area contributed by atoms with Crippen LogP contribution < -0.4 is 5.32 Å². The number of carbonyl (C=O) groups excluding carboxylic acids is 2. The van der Waals surface area contributed by atoms with Crippen molar-refractivity contribution in [2.75, 3.05) is 5.32 Å². The zero-order chi connectivity index (χ0) is 20.3. The maximum atomic E-state index is 12.7. The molecule has 0 bridgehead atoms. The third-order valence-electron chi connectivity index (χ3n) is 3.92. The van der Waals surface area contributed by atoms with Crippen LogP contribution in [0.4, 0.5) is 18.9 Å². The Balaban J connectivity index is 1.67. The number of pyridine rings is 1. The number of hydrogen-bond donors (Lipinski definition) is 1. The molecule has 1 N–H and O–H groups in total. The molecular weight excluding hydrogens is 373 g/mol. The molecule has 28 heavy (non-hydrogen) atoms. The second-order valence-corrected chi connectivity index (χ2v) is 6.00. The van der Waals surface area contributed by atoms with Crippen molar-refractivity contribution >= 4 is 28.5 Å². The van der Waals surface area contributed by atoms with Gasteiger partial charge in [0, 0.05) is 11.1 Å². The van der Waals surface area contributed by atoms with Gasteiger partial charge < -0.3 is 10.1 Å². The molecule has 1 heterocycles. The lowest BCUT2D eigenvalue weighted by molar-refractivity contribution is -0.137. The second-order valence-electron chi connectivity index (χ2n) is 6.00. The highest BCUT2D eigenvalue weighted by Gasteiger charge is 2.30. The highest BCUT2D eigenvalue weighted by atomic mass is 19.4. The molecule has 0 unspecified atom stereocenters. The first kappa shape index (κ1) is 19.3. The number of nitrogens with zero attached hydrogens (tertiary/aromatic N) is 1. The fourth-order valence-corrected chi connectivity index (χ4v) is 2.47. The van der Waals surface area contributed by atoms with Crippen LogP contribution in [-0.2, 0) is 15.7 Å². The fraction of sp³-hybridized carbons (Fsp3) is 0.150. The summed E-state index contributed by atoms with van der Waals surface area (Å²) in [6.45, 7) is 1.32. The van der Waals surface area contributed by atoms with Crippen molar-refractivity contribution in [2.45, 2.75) is 19.2 Å². The number of esters is 1. The standard InChI is InChI=1S/C20H15F3N2O3/c1-12(18(26)24-15-7-4-6-14(11-15)20(21,22)23)28-19(27)17-10-9-13-5-2-3-8-16(13)25-17/h2-12H,1H3,(H,24,26)/t12-/m0/s1. The number of amides is 1. The van der Waals surface area contributed by atoms with Gasteiger partial charge in [0.2, 0.25) is 0 Å². The number of rotatable bonds is 4. The molecule has 2 aromatic carbocycles. The molecule has 5 nitrogen and oxygen atoms in total. The van der Waals surface area contributed by atoms with Crippen molar-refractivity contribution in [2.24, 2.45) is 0 Å². The minimum atomic E-state index is -4.53. The molecule has 8 heteroatoms. The summed E-state index contributed by atoms with van der Waals surface area (Å²) in [7, 11) is 0. The summed E-state index contributed by atoms with van der Waals surface area (Å²) in [4.78, 5) is 28.6. The molecule has 0 fully saturated rings. The van der Waals surface area contributed by atoms with Gasteiger partial charge in [-0.1, -0.05) is 30.3 Å². The lowest BCUT2D eigenvalue weighted by Crippen LogP contribution is -2.30. The summed E-state index contributed by atoms with van der Waals surface area (Å²) in [5.41, 5.74) is -0.322. The SMILES string of the molecule is C[C@H](OC(=O)c1ccc2ccccc2n1)C(=O)Nc1cccc(C(F)(F)F)c1. The van der Waals surface area contributed by atoms with Crippen LogP contribution >= 0.6 is 0 Å². The van der Waals surface area contributed by atoms with E-state index in [-0.39, 0.29) is 11.4 Å². The van der Waals surface area contributed by atoms with Gasteiger partial charge in [-0.3, -0.25) is 4.79 Å². The van der Waals surface area contributed by atoms with E-state index in [0.29, 0.717) is 5.52 Å². The number of anilines is 1. The highest BCUT2D eigenvalue weighted by Crippen LogP contribution is 2.30. The number of alkyl halides is 3. The minimum Gasteiger partial charge on any atom is -0.448 e. The first-order valence-corrected chi connectivity index (χ1v) is 8.29. The van der Waals surface area contributed by atoms with Gasteiger partial charge in [0.1, 0.15) is 5.69 Å². The Kier molecular flexibility index (Phi) is 5.30. The molecule has 3 rings (SSSR count). The summed E-state index contributed by atoms with van der Waals surface area (Å²) < 4.78 is 43.3. The van der Waals surface area contributed by atoms with Gasteiger partial charge in [0.25, 0.3) is 5.91 Å². The number of para-hydroxylation sites is 1. The van der Waals surface area contributed by atoms with Gasteiger partial charge in [-0.2, -0.15) is 13.2 Å². The van der Waals surface area contributed by atoms with Crippen molar-refractivity contribution in [1.29, 1.82) is 0 Å². The van der Waals surface area contributed by atoms with Gasteiger partial charge in [-0.05, 0) is 37.3 Å². The monoisotopic (exact) mass is 388 g/mol. The third kappa shape index (κ3) is 4.46. The van der Waals surface area contributed by atoms with E-state index in [0.717, 1.165) is 17.5 Å². The number of benzene rings is 2. The van der Waals surface area contributed by atoms with Crippen LogP contribution in [-0.4, -0.2) is 23.0 Å². The van der Waals surface area contributed by atoms with Crippen LogP contribution in [0.3, 0.4) is 0 Å². The normalized spacial score (nSPS) is 12.4. The number of fused-ring (bicyclic) bond motifs is 1.